The van der Waals surface area contributed by atoms with Crippen molar-refractivity contribution in [1.82, 2.24) is 5.32 Å². The van der Waals surface area contributed by atoms with Gasteiger partial charge in [-0.25, -0.2) is 0 Å². The maximum Gasteiger partial charge on any atom is 0.305 e. The summed E-state index contributed by atoms with van der Waals surface area (Å²) in [5.74, 6) is -0.0512. The van der Waals surface area contributed by atoms with Crippen LogP contribution < -0.4 is 5.32 Å². The number of aliphatic hydroxyl groups excluding tert-OH is 2. The van der Waals surface area contributed by atoms with Gasteiger partial charge in [0.05, 0.1) is 25.4 Å². The molecular weight excluding hydrogens is 827 g/mol. The molecule has 6 nitrogen and oxygen atoms in total. The van der Waals surface area contributed by atoms with E-state index >= 15 is 0 Å². The van der Waals surface area contributed by atoms with E-state index in [4.69, 9.17) is 4.74 Å². The Kier molecular flexibility index (Phi) is 56.0. The maximum atomic E-state index is 12.4. The summed E-state index contributed by atoms with van der Waals surface area (Å²) in [7, 11) is 0. The van der Waals surface area contributed by atoms with Gasteiger partial charge in [0, 0.05) is 12.8 Å². The summed E-state index contributed by atoms with van der Waals surface area (Å²) in [5.41, 5.74) is 0. The van der Waals surface area contributed by atoms with E-state index < -0.39 is 12.1 Å². The van der Waals surface area contributed by atoms with Crippen molar-refractivity contribution < 1.29 is 24.5 Å². The van der Waals surface area contributed by atoms with Gasteiger partial charge in [0.15, 0.2) is 0 Å². The second-order valence-electron chi connectivity index (χ2n) is 21.0. The van der Waals surface area contributed by atoms with Crippen LogP contribution in [0.15, 0.2) is 12.2 Å². The molecule has 0 aliphatic heterocycles. The first-order chi connectivity index (χ1) is 33.0. The van der Waals surface area contributed by atoms with Crippen LogP contribution >= 0.6 is 0 Å². The number of carbonyl (C=O) groups is 2. The number of hydrogen-bond acceptors (Lipinski definition) is 5. The molecule has 3 N–H and O–H groups in total. The number of amides is 1. The Morgan fingerprint density at radius 2 is 0.687 bits per heavy atom. The first kappa shape index (κ1) is 65.6. The highest BCUT2D eigenvalue weighted by molar-refractivity contribution is 5.76. The lowest BCUT2D eigenvalue weighted by Crippen LogP contribution is -2.45. The van der Waals surface area contributed by atoms with Gasteiger partial charge in [-0.05, 0) is 32.1 Å². The number of unbranched alkanes of at least 4 members (excludes halogenated alkanes) is 46. The predicted molar refractivity (Wildman–Crippen MR) is 292 cm³/mol. The zero-order chi connectivity index (χ0) is 48.6. The lowest BCUT2D eigenvalue weighted by Gasteiger charge is -2.20. The number of carbonyl (C=O) groups excluding carboxylic acids is 2. The molecule has 0 saturated heterocycles. The van der Waals surface area contributed by atoms with Crippen molar-refractivity contribution in [2.24, 2.45) is 0 Å². The molecular formula is C61H119NO5. The summed E-state index contributed by atoms with van der Waals surface area (Å²) < 4.78 is 5.50. The normalized spacial score (nSPS) is 12.6. The Labute approximate surface area is 419 Å². The second kappa shape index (κ2) is 57.2. The fourth-order valence-corrected chi connectivity index (χ4v) is 9.64. The molecule has 0 aliphatic carbocycles. The van der Waals surface area contributed by atoms with Crippen molar-refractivity contribution in [2.45, 2.75) is 353 Å². The van der Waals surface area contributed by atoms with Gasteiger partial charge in [0.25, 0.3) is 0 Å². The fourth-order valence-electron chi connectivity index (χ4n) is 9.64. The van der Waals surface area contributed by atoms with Crippen molar-refractivity contribution in [2.75, 3.05) is 13.2 Å². The number of aliphatic hydroxyl groups is 2. The largest absolute Gasteiger partial charge is 0.466 e. The Hall–Kier alpha value is -1.40. The van der Waals surface area contributed by atoms with E-state index in [0.29, 0.717) is 19.4 Å². The van der Waals surface area contributed by atoms with Crippen LogP contribution in [0.4, 0.5) is 0 Å². The average Bonchev–Trinajstić information content (AvgIpc) is 3.33. The summed E-state index contributed by atoms with van der Waals surface area (Å²) in [5, 5.41) is 23.0. The predicted octanol–water partition coefficient (Wildman–Crippen LogP) is 18.9. The van der Waals surface area contributed by atoms with E-state index in [1.807, 2.05) is 6.08 Å². The van der Waals surface area contributed by atoms with E-state index in [1.54, 1.807) is 6.08 Å². The second-order valence-corrected chi connectivity index (χ2v) is 21.0. The Morgan fingerprint density at radius 1 is 0.403 bits per heavy atom. The SMILES string of the molecule is CCCCCCCCCC/C=C/C(O)C(CO)NC(=O)CCCCCCCCCCCCCCCCCCCCCCCCOC(=O)CCCCCCCCCCCCCCCCCCCC. The van der Waals surface area contributed by atoms with Crippen LogP contribution in [0.3, 0.4) is 0 Å². The number of nitrogens with one attached hydrogen (secondary N) is 1. The monoisotopic (exact) mass is 946 g/mol. The highest BCUT2D eigenvalue weighted by atomic mass is 16.5. The molecule has 67 heavy (non-hydrogen) atoms. The van der Waals surface area contributed by atoms with Crippen molar-refractivity contribution in [3.63, 3.8) is 0 Å². The lowest BCUT2D eigenvalue weighted by atomic mass is 10.0. The zero-order valence-corrected chi connectivity index (χ0v) is 45.4. The third kappa shape index (κ3) is 53.8. The van der Waals surface area contributed by atoms with Gasteiger partial charge in [0.2, 0.25) is 5.91 Å². The van der Waals surface area contributed by atoms with Gasteiger partial charge < -0.3 is 20.3 Å². The summed E-state index contributed by atoms with van der Waals surface area (Å²) in [4.78, 5) is 24.5. The van der Waals surface area contributed by atoms with E-state index in [2.05, 4.69) is 19.2 Å². The van der Waals surface area contributed by atoms with Crippen LogP contribution in [0.5, 0.6) is 0 Å². The van der Waals surface area contributed by atoms with Crippen LogP contribution in [0.1, 0.15) is 341 Å². The molecule has 0 radical (unpaired) electrons. The van der Waals surface area contributed by atoms with Crippen LogP contribution in [-0.4, -0.2) is 47.4 Å². The summed E-state index contributed by atoms with van der Waals surface area (Å²) in [6, 6.07) is -0.625. The minimum atomic E-state index is -0.842. The summed E-state index contributed by atoms with van der Waals surface area (Å²) in [6.07, 6.45) is 68.3. The Balaban J connectivity index is 3.34. The third-order valence-corrected chi connectivity index (χ3v) is 14.3. The van der Waals surface area contributed by atoms with E-state index in [0.717, 1.165) is 38.5 Å². The molecule has 0 saturated carbocycles. The van der Waals surface area contributed by atoms with Crippen LogP contribution in [0.25, 0.3) is 0 Å². The molecule has 0 rings (SSSR count). The molecule has 0 bridgehead atoms. The molecule has 0 fully saturated rings. The molecule has 0 aliphatic rings. The fraction of sp³-hybridized carbons (Fsp3) is 0.934. The van der Waals surface area contributed by atoms with Crippen molar-refractivity contribution in [1.29, 1.82) is 0 Å². The van der Waals surface area contributed by atoms with Crippen LogP contribution in [0.2, 0.25) is 0 Å². The molecule has 0 aromatic carbocycles. The van der Waals surface area contributed by atoms with Crippen molar-refractivity contribution >= 4 is 11.9 Å². The topological polar surface area (TPSA) is 95.9 Å². The molecule has 0 spiro atoms. The van der Waals surface area contributed by atoms with Gasteiger partial charge in [-0.15, -0.1) is 0 Å². The first-order valence-corrected chi connectivity index (χ1v) is 30.5. The average molecular weight is 947 g/mol. The minimum absolute atomic E-state index is 0.0175. The van der Waals surface area contributed by atoms with Gasteiger partial charge in [-0.1, -0.05) is 309 Å². The van der Waals surface area contributed by atoms with Crippen LogP contribution in [0, 0.1) is 0 Å². The van der Waals surface area contributed by atoms with Gasteiger partial charge in [0.1, 0.15) is 0 Å². The number of rotatable bonds is 57. The summed E-state index contributed by atoms with van der Waals surface area (Å²) in [6.45, 7) is 4.91. The molecule has 0 heterocycles. The zero-order valence-electron chi connectivity index (χ0n) is 45.4. The van der Waals surface area contributed by atoms with Crippen LogP contribution in [-0.2, 0) is 14.3 Å². The Morgan fingerprint density at radius 3 is 1.01 bits per heavy atom. The number of ether oxygens (including phenoxy) is 1. The molecule has 398 valence electrons. The van der Waals surface area contributed by atoms with Gasteiger partial charge >= 0.3 is 5.97 Å². The van der Waals surface area contributed by atoms with E-state index in [1.165, 1.54) is 276 Å². The Bertz CT molecular complexity index is 1000. The van der Waals surface area contributed by atoms with E-state index in [9.17, 15) is 19.8 Å². The highest BCUT2D eigenvalue weighted by Gasteiger charge is 2.18. The number of hydrogen-bond donors (Lipinski definition) is 3. The first-order valence-electron chi connectivity index (χ1n) is 30.5. The highest BCUT2D eigenvalue weighted by Crippen LogP contribution is 2.18. The molecule has 2 unspecified atom stereocenters. The van der Waals surface area contributed by atoms with Crippen molar-refractivity contribution in [3.8, 4) is 0 Å². The molecule has 6 heteroatoms. The van der Waals surface area contributed by atoms with E-state index in [-0.39, 0.29) is 18.5 Å². The van der Waals surface area contributed by atoms with Crippen molar-refractivity contribution in [3.05, 3.63) is 12.2 Å². The maximum absolute atomic E-state index is 12.4. The molecule has 0 aromatic heterocycles. The van der Waals surface area contributed by atoms with Gasteiger partial charge in [-0.2, -0.15) is 0 Å². The van der Waals surface area contributed by atoms with Gasteiger partial charge in [-0.3, -0.25) is 9.59 Å². The standard InChI is InChI=1S/C61H119NO5/c1-3-5-7-9-11-13-15-16-17-18-26-29-32-35-39-43-47-51-55-61(66)67-56-52-48-44-40-36-33-30-27-24-22-20-19-21-23-25-28-31-34-38-42-46-50-54-60(65)62-58(57-63)59(64)53-49-45-41-37-14-12-10-8-6-4-2/h49,53,58-59,63-64H,3-48,50-52,54-57H2,1-2H3,(H,62,65)/b53-49+. The number of allylic oxidation sites excluding steroid dienone is 1. The smallest absolute Gasteiger partial charge is 0.305 e. The molecule has 0 aromatic rings. The minimum Gasteiger partial charge on any atom is -0.466 e. The lowest BCUT2D eigenvalue weighted by molar-refractivity contribution is -0.143. The molecule has 2 atom stereocenters. The quantitative estimate of drug-likeness (QED) is 0.0321. The summed E-state index contributed by atoms with van der Waals surface area (Å²) >= 11 is 0. The molecule has 1 amide bonds. The number of esters is 1. The third-order valence-electron chi connectivity index (χ3n) is 14.3.